The summed E-state index contributed by atoms with van der Waals surface area (Å²) in [7, 11) is 0. The largest absolute Gasteiger partial charge is 0.481 e. The molecule has 2 saturated heterocycles. The van der Waals surface area contributed by atoms with Crippen LogP contribution in [0.4, 0.5) is 20.5 Å². The predicted molar refractivity (Wildman–Crippen MR) is 89.4 cm³/mol. The molecule has 1 aliphatic carbocycles. The van der Waals surface area contributed by atoms with Crippen LogP contribution in [0, 0.1) is 17.8 Å². The second-order valence-corrected chi connectivity index (χ2v) is 7.75. The molecule has 2 unspecified atom stereocenters. The fourth-order valence-corrected chi connectivity index (χ4v) is 4.13. The van der Waals surface area contributed by atoms with E-state index in [2.05, 4.69) is 9.97 Å². The Morgan fingerprint density at radius 1 is 1.31 bits per heavy atom. The van der Waals surface area contributed by atoms with Crippen molar-refractivity contribution in [2.45, 2.75) is 38.3 Å². The van der Waals surface area contributed by atoms with Crippen molar-refractivity contribution in [3.8, 4) is 0 Å². The average molecular weight is 368 g/mol. The van der Waals surface area contributed by atoms with Gasteiger partial charge in [0.05, 0.1) is 12.1 Å². The van der Waals surface area contributed by atoms with E-state index >= 15 is 0 Å². The monoisotopic (exact) mass is 368 g/mol. The van der Waals surface area contributed by atoms with E-state index in [1.54, 1.807) is 11.8 Å². The fourth-order valence-electron chi connectivity index (χ4n) is 4.13. The number of aliphatic hydroxyl groups excluding tert-OH is 1. The second kappa shape index (κ2) is 5.73. The molecule has 9 heteroatoms. The quantitative estimate of drug-likeness (QED) is 0.810. The van der Waals surface area contributed by atoms with E-state index in [-0.39, 0.29) is 30.0 Å². The molecule has 1 aromatic rings. The Hall–Kier alpha value is -2.03. The Balaban J connectivity index is 1.56. The Bertz CT molecular complexity index is 729. The predicted octanol–water partition coefficient (Wildman–Crippen LogP) is 1.31. The van der Waals surface area contributed by atoms with Crippen LogP contribution in [0.1, 0.15) is 26.0 Å². The van der Waals surface area contributed by atoms with Crippen LogP contribution in [0.2, 0.25) is 0 Å². The van der Waals surface area contributed by atoms with Crippen LogP contribution < -0.4 is 9.80 Å². The van der Waals surface area contributed by atoms with Crippen molar-refractivity contribution in [2.24, 2.45) is 17.8 Å². The lowest BCUT2D eigenvalue weighted by atomic mass is 10.0. The van der Waals surface area contributed by atoms with E-state index in [4.69, 9.17) is 5.11 Å². The molecule has 0 aromatic carbocycles. The van der Waals surface area contributed by atoms with Gasteiger partial charge in [-0.15, -0.1) is 0 Å². The van der Waals surface area contributed by atoms with E-state index in [0.717, 1.165) is 6.92 Å². The number of anilines is 2. The third-order valence-electron chi connectivity index (χ3n) is 5.95. The number of alkyl halides is 2. The molecule has 3 heterocycles. The van der Waals surface area contributed by atoms with Gasteiger partial charge >= 0.3 is 5.97 Å². The van der Waals surface area contributed by atoms with Gasteiger partial charge in [-0.1, -0.05) is 0 Å². The molecule has 0 spiro atoms. The number of halogens is 2. The molecular weight excluding hydrogens is 346 g/mol. The zero-order valence-electron chi connectivity index (χ0n) is 14.6. The molecule has 7 nitrogen and oxygen atoms in total. The third-order valence-corrected chi connectivity index (χ3v) is 5.95. The Labute approximate surface area is 149 Å². The van der Waals surface area contributed by atoms with Gasteiger partial charge in [0.2, 0.25) is 5.95 Å². The number of carboxylic acids is 1. The van der Waals surface area contributed by atoms with E-state index in [9.17, 15) is 18.7 Å². The molecule has 1 aromatic heterocycles. The molecule has 26 heavy (non-hydrogen) atoms. The molecule has 1 saturated carbocycles. The topological polar surface area (TPSA) is 89.8 Å². The number of rotatable bonds is 5. The molecule has 4 atom stereocenters. The molecule has 3 aliphatic rings. The first-order chi connectivity index (χ1) is 12.1. The Kier molecular flexibility index (Phi) is 3.83. The van der Waals surface area contributed by atoms with Crippen LogP contribution in [0.25, 0.3) is 0 Å². The van der Waals surface area contributed by atoms with Gasteiger partial charge in [-0.25, -0.2) is 4.98 Å². The maximum absolute atomic E-state index is 13.9. The molecular formula is C17H22F2N4O3. The molecule has 2 N–H and O–H groups in total. The average Bonchev–Trinajstić information content (AvgIpc) is 3.00. The summed E-state index contributed by atoms with van der Waals surface area (Å²) in [6.45, 7) is 4.19. The number of aromatic nitrogens is 2. The van der Waals surface area contributed by atoms with Gasteiger partial charge in [0, 0.05) is 39.0 Å². The standard InChI is InChI=1S/C17H22F2N4O3/c1-8-12(24)7-23(8)16-20-13(17(2,18)19)4-14(21-16)22-5-10-9(3-15(25)26)11(10)6-22/h4,8-12,24H,3,5-7H2,1-2H3,(H,25,26)/t8-,9?,10?,11?,12+/m0/s1. The highest BCUT2D eigenvalue weighted by molar-refractivity contribution is 5.68. The number of carboxylic acid groups (broad SMARTS) is 1. The Morgan fingerprint density at radius 3 is 2.46 bits per heavy atom. The normalized spacial score (nSPS) is 33.0. The van der Waals surface area contributed by atoms with Gasteiger partial charge in [-0.3, -0.25) is 4.79 Å². The summed E-state index contributed by atoms with van der Waals surface area (Å²) in [5.74, 6) is -2.46. The number of aliphatic hydroxyl groups is 1. The smallest absolute Gasteiger partial charge is 0.303 e. The number of β-amino-alcohol motifs (C(OH)–C–C–N with tert-alkyl or cyclic N) is 1. The van der Waals surface area contributed by atoms with Crippen molar-refractivity contribution < 1.29 is 23.8 Å². The third kappa shape index (κ3) is 2.87. The van der Waals surface area contributed by atoms with E-state index in [1.165, 1.54) is 6.07 Å². The highest BCUT2D eigenvalue weighted by Gasteiger charge is 2.56. The summed E-state index contributed by atoms with van der Waals surface area (Å²) in [6, 6.07) is 1.11. The first-order valence-electron chi connectivity index (χ1n) is 8.84. The van der Waals surface area contributed by atoms with Crippen LogP contribution in [0.15, 0.2) is 6.07 Å². The minimum absolute atomic E-state index is 0.166. The number of fused-ring (bicyclic) bond motifs is 1. The number of carbonyl (C=O) groups is 1. The van der Waals surface area contributed by atoms with Crippen molar-refractivity contribution in [1.82, 2.24) is 9.97 Å². The fraction of sp³-hybridized carbons (Fsp3) is 0.706. The minimum atomic E-state index is -3.09. The molecule has 4 rings (SSSR count). The van der Waals surface area contributed by atoms with E-state index in [0.29, 0.717) is 37.3 Å². The Morgan fingerprint density at radius 2 is 1.96 bits per heavy atom. The summed E-state index contributed by atoms with van der Waals surface area (Å²) in [5.41, 5.74) is -0.339. The lowest BCUT2D eigenvalue weighted by Gasteiger charge is -2.43. The van der Waals surface area contributed by atoms with Crippen LogP contribution in [0.3, 0.4) is 0 Å². The summed E-state index contributed by atoms with van der Waals surface area (Å²) >= 11 is 0. The summed E-state index contributed by atoms with van der Waals surface area (Å²) in [6.07, 6.45) is -0.344. The summed E-state index contributed by atoms with van der Waals surface area (Å²) < 4.78 is 27.8. The minimum Gasteiger partial charge on any atom is -0.481 e. The molecule has 3 fully saturated rings. The second-order valence-electron chi connectivity index (χ2n) is 7.75. The van der Waals surface area contributed by atoms with Crippen molar-refractivity contribution in [1.29, 1.82) is 0 Å². The van der Waals surface area contributed by atoms with E-state index < -0.39 is 18.0 Å². The van der Waals surface area contributed by atoms with Gasteiger partial charge in [0.25, 0.3) is 5.92 Å². The van der Waals surface area contributed by atoms with Gasteiger partial charge in [-0.2, -0.15) is 13.8 Å². The lowest BCUT2D eigenvalue weighted by molar-refractivity contribution is -0.137. The maximum Gasteiger partial charge on any atom is 0.303 e. The van der Waals surface area contributed by atoms with Crippen molar-refractivity contribution in [3.05, 3.63) is 11.8 Å². The highest BCUT2D eigenvalue weighted by Crippen LogP contribution is 2.54. The van der Waals surface area contributed by atoms with Crippen molar-refractivity contribution in [3.63, 3.8) is 0 Å². The number of hydrogen-bond donors (Lipinski definition) is 2. The molecule has 0 bridgehead atoms. The lowest BCUT2D eigenvalue weighted by Crippen LogP contribution is -2.59. The molecule has 2 aliphatic heterocycles. The summed E-state index contributed by atoms with van der Waals surface area (Å²) in [5, 5.41) is 18.6. The first-order valence-corrected chi connectivity index (χ1v) is 8.84. The number of piperidine rings is 1. The van der Waals surface area contributed by atoms with Crippen LogP contribution in [-0.4, -0.2) is 57.9 Å². The summed E-state index contributed by atoms with van der Waals surface area (Å²) in [4.78, 5) is 23.0. The number of nitrogens with zero attached hydrogens (tertiary/aromatic N) is 4. The van der Waals surface area contributed by atoms with Crippen molar-refractivity contribution in [2.75, 3.05) is 29.4 Å². The maximum atomic E-state index is 13.9. The molecule has 142 valence electrons. The van der Waals surface area contributed by atoms with Gasteiger partial charge in [0.15, 0.2) is 0 Å². The van der Waals surface area contributed by atoms with Gasteiger partial charge in [-0.05, 0) is 24.7 Å². The highest BCUT2D eigenvalue weighted by atomic mass is 19.3. The van der Waals surface area contributed by atoms with E-state index in [1.807, 2.05) is 4.90 Å². The van der Waals surface area contributed by atoms with Crippen LogP contribution in [0.5, 0.6) is 0 Å². The molecule has 0 amide bonds. The van der Waals surface area contributed by atoms with Crippen LogP contribution >= 0.6 is 0 Å². The zero-order chi connectivity index (χ0) is 18.8. The molecule has 0 radical (unpaired) electrons. The SMILES string of the molecule is C[C@H]1[C@H](O)CN1c1nc(N2CC3C(CC(=O)O)C3C2)cc(C(C)(F)F)n1. The van der Waals surface area contributed by atoms with Crippen molar-refractivity contribution >= 4 is 17.7 Å². The first kappa shape index (κ1) is 17.4. The number of hydrogen-bond acceptors (Lipinski definition) is 6. The van der Waals surface area contributed by atoms with Gasteiger partial charge < -0.3 is 20.0 Å². The van der Waals surface area contributed by atoms with Crippen LogP contribution in [-0.2, 0) is 10.7 Å². The zero-order valence-corrected chi connectivity index (χ0v) is 14.6. The van der Waals surface area contributed by atoms with Gasteiger partial charge in [0.1, 0.15) is 11.5 Å². The number of aliphatic carboxylic acids is 1.